The molecule has 1 unspecified atom stereocenters. The first-order chi connectivity index (χ1) is 9.60. The number of hydrogen-bond acceptors (Lipinski definition) is 3. The molecule has 0 heterocycles. The molecule has 0 fully saturated rings. The summed E-state index contributed by atoms with van der Waals surface area (Å²) >= 11 is 5.83. The van der Waals surface area contributed by atoms with E-state index in [0.29, 0.717) is 10.8 Å². The van der Waals surface area contributed by atoms with Crippen molar-refractivity contribution in [3.8, 4) is 5.75 Å². The summed E-state index contributed by atoms with van der Waals surface area (Å²) in [5.74, 6) is 0.208. The average molecular weight is 291 g/mol. The number of hydrogen-bond donors (Lipinski definition) is 2. The van der Waals surface area contributed by atoms with Crippen LogP contribution in [-0.2, 0) is 4.79 Å². The van der Waals surface area contributed by atoms with Gasteiger partial charge in [0.15, 0.2) is 0 Å². The van der Waals surface area contributed by atoms with Crippen LogP contribution in [0.4, 0.5) is 5.69 Å². The molecule has 104 valence electrons. The van der Waals surface area contributed by atoms with Crippen molar-refractivity contribution in [2.45, 2.75) is 6.04 Å². The summed E-state index contributed by atoms with van der Waals surface area (Å²) in [7, 11) is 1.57. The Morgan fingerprint density at radius 2 is 1.95 bits per heavy atom. The van der Waals surface area contributed by atoms with Crippen molar-refractivity contribution < 1.29 is 9.53 Å². The van der Waals surface area contributed by atoms with E-state index in [2.05, 4.69) is 5.32 Å². The second kappa shape index (κ2) is 6.30. The van der Waals surface area contributed by atoms with Gasteiger partial charge in [-0.05, 0) is 42.0 Å². The Balaban J connectivity index is 2.26. The van der Waals surface area contributed by atoms with Crippen molar-refractivity contribution >= 4 is 23.2 Å². The number of carbonyl (C=O) groups is 1. The van der Waals surface area contributed by atoms with E-state index < -0.39 is 11.9 Å². The molecule has 0 aliphatic carbocycles. The van der Waals surface area contributed by atoms with Crippen LogP contribution >= 0.6 is 11.6 Å². The fourth-order valence-corrected chi connectivity index (χ4v) is 1.98. The van der Waals surface area contributed by atoms with Crippen LogP contribution in [0.1, 0.15) is 11.6 Å². The quantitative estimate of drug-likeness (QED) is 0.890. The van der Waals surface area contributed by atoms with Gasteiger partial charge in [0, 0.05) is 10.7 Å². The van der Waals surface area contributed by atoms with Crippen molar-refractivity contribution in [1.29, 1.82) is 0 Å². The molecule has 20 heavy (non-hydrogen) atoms. The maximum absolute atomic E-state index is 11.7. The zero-order valence-corrected chi connectivity index (χ0v) is 11.7. The number of nitrogens with one attached hydrogen (secondary N) is 1. The van der Waals surface area contributed by atoms with Gasteiger partial charge in [0.05, 0.1) is 7.11 Å². The first-order valence-corrected chi connectivity index (χ1v) is 6.43. The van der Waals surface area contributed by atoms with Gasteiger partial charge < -0.3 is 15.8 Å². The Labute approximate surface area is 122 Å². The Kier molecular flexibility index (Phi) is 4.48. The second-order valence-electron chi connectivity index (χ2n) is 4.26. The van der Waals surface area contributed by atoms with Gasteiger partial charge in [-0.1, -0.05) is 23.7 Å². The van der Waals surface area contributed by atoms with Crippen molar-refractivity contribution in [1.82, 2.24) is 0 Å². The van der Waals surface area contributed by atoms with Crippen LogP contribution in [-0.4, -0.2) is 13.0 Å². The number of anilines is 1. The van der Waals surface area contributed by atoms with Crippen molar-refractivity contribution in [3.05, 3.63) is 59.1 Å². The van der Waals surface area contributed by atoms with Crippen molar-refractivity contribution in [2.75, 3.05) is 12.4 Å². The predicted molar refractivity (Wildman–Crippen MR) is 80.0 cm³/mol. The number of rotatable bonds is 5. The fourth-order valence-electron chi connectivity index (χ4n) is 1.85. The Morgan fingerprint density at radius 1 is 1.25 bits per heavy atom. The largest absolute Gasteiger partial charge is 0.497 e. The summed E-state index contributed by atoms with van der Waals surface area (Å²) in [5.41, 5.74) is 6.98. The molecule has 0 radical (unpaired) electrons. The molecule has 4 nitrogen and oxygen atoms in total. The zero-order valence-electron chi connectivity index (χ0n) is 11.0. The first-order valence-electron chi connectivity index (χ1n) is 6.05. The molecule has 0 aromatic heterocycles. The van der Waals surface area contributed by atoms with E-state index in [1.54, 1.807) is 37.4 Å². The van der Waals surface area contributed by atoms with E-state index >= 15 is 0 Å². The smallest absolute Gasteiger partial charge is 0.244 e. The zero-order chi connectivity index (χ0) is 14.5. The minimum absolute atomic E-state index is 0.465. The Hall–Kier alpha value is -2.20. The van der Waals surface area contributed by atoms with Gasteiger partial charge in [0.25, 0.3) is 0 Å². The maximum atomic E-state index is 11.7. The van der Waals surface area contributed by atoms with Gasteiger partial charge in [-0.3, -0.25) is 4.79 Å². The number of nitrogens with two attached hydrogens (primary N) is 1. The topological polar surface area (TPSA) is 64.3 Å². The van der Waals surface area contributed by atoms with Crippen LogP contribution in [0.3, 0.4) is 0 Å². The minimum atomic E-state index is -0.633. The summed E-state index contributed by atoms with van der Waals surface area (Å²) < 4.78 is 5.15. The van der Waals surface area contributed by atoms with Crippen LogP contribution in [0, 0.1) is 0 Å². The van der Waals surface area contributed by atoms with Crippen LogP contribution in [0.25, 0.3) is 0 Å². The van der Waals surface area contributed by atoms with Crippen LogP contribution in [0.2, 0.25) is 5.02 Å². The molecule has 0 saturated heterocycles. The third-order valence-electron chi connectivity index (χ3n) is 2.87. The van der Waals surface area contributed by atoms with Crippen LogP contribution < -0.4 is 15.8 Å². The van der Waals surface area contributed by atoms with Crippen LogP contribution in [0.5, 0.6) is 5.75 Å². The molecule has 2 aromatic rings. The predicted octanol–water partition coefficient (Wildman–Crippen LogP) is 2.99. The third kappa shape index (κ3) is 3.42. The molecule has 0 bridgehead atoms. The van der Waals surface area contributed by atoms with Crippen molar-refractivity contribution in [2.24, 2.45) is 5.73 Å². The molecule has 1 amide bonds. The fraction of sp³-hybridized carbons (Fsp3) is 0.133. The van der Waals surface area contributed by atoms with Crippen LogP contribution in [0.15, 0.2) is 48.5 Å². The number of benzene rings is 2. The SMILES string of the molecule is COc1cccc(C(Nc2ccc(Cl)cc2)C(N)=O)c1. The number of methoxy groups -OCH3 is 1. The molecule has 0 saturated carbocycles. The number of ether oxygens (including phenoxy) is 1. The summed E-state index contributed by atoms with van der Waals surface area (Å²) in [6.07, 6.45) is 0. The molecule has 0 spiro atoms. The lowest BCUT2D eigenvalue weighted by molar-refractivity contribution is -0.118. The highest BCUT2D eigenvalue weighted by atomic mass is 35.5. The summed E-state index contributed by atoms with van der Waals surface area (Å²) in [5, 5.41) is 3.72. The van der Waals surface area contributed by atoms with E-state index in [-0.39, 0.29) is 0 Å². The summed E-state index contributed by atoms with van der Waals surface area (Å²) in [6, 6.07) is 13.7. The lowest BCUT2D eigenvalue weighted by Crippen LogP contribution is -2.27. The highest BCUT2D eigenvalue weighted by molar-refractivity contribution is 6.30. The molecule has 0 aliphatic rings. The summed E-state index contributed by atoms with van der Waals surface area (Å²) in [6.45, 7) is 0. The van der Waals surface area contributed by atoms with Crippen molar-refractivity contribution in [3.63, 3.8) is 0 Å². The summed E-state index contributed by atoms with van der Waals surface area (Å²) in [4.78, 5) is 11.7. The van der Waals surface area contributed by atoms with Gasteiger partial charge >= 0.3 is 0 Å². The van der Waals surface area contributed by atoms with Gasteiger partial charge in [-0.2, -0.15) is 0 Å². The van der Waals surface area contributed by atoms with E-state index in [1.165, 1.54) is 0 Å². The lowest BCUT2D eigenvalue weighted by atomic mass is 10.1. The molecular weight excluding hydrogens is 276 g/mol. The lowest BCUT2D eigenvalue weighted by Gasteiger charge is -2.17. The molecule has 3 N–H and O–H groups in total. The highest BCUT2D eigenvalue weighted by Gasteiger charge is 2.18. The number of halogens is 1. The molecule has 1 atom stereocenters. The number of amides is 1. The molecule has 2 aromatic carbocycles. The monoisotopic (exact) mass is 290 g/mol. The molecule has 0 aliphatic heterocycles. The van der Waals surface area contributed by atoms with Gasteiger partial charge in [0.2, 0.25) is 5.91 Å². The average Bonchev–Trinajstić information content (AvgIpc) is 2.46. The number of carbonyl (C=O) groups excluding carboxylic acids is 1. The Morgan fingerprint density at radius 3 is 2.55 bits per heavy atom. The van der Waals surface area contributed by atoms with E-state index in [1.807, 2.05) is 18.2 Å². The van der Waals surface area contributed by atoms with E-state index in [0.717, 1.165) is 11.3 Å². The molecule has 2 rings (SSSR count). The molecular formula is C15H15ClN2O2. The molecule has 5 heteroatoms. The van der Waals surface area contributed by atoms with Gasteiger partial charge in [0.1, 0.15) is 11.8 Å². The standard InChI is InChI=1S/C15H15ClN2O2/c1-20-13-4-2-3-10(9-13)14(15(17)19)18-12-7-5-11(16)6-8-12/h2-9,14,18H,1H3,(H2,17,19). The van der Waals surface area contributed by atoms with E-state index in [4.69, 9.17) is 22.1 Å². The third-order valence-corrected chi connectivity index (χ3v) is 3.12. The normalized spacial score (nSPS) is 11.7. The minimum Gasteiger partial charge on any atom is -0.497 e. The number of primary amides is 1. The second-order valence-corrected chi connectivity index (χ2v) is 4.70. The van der Waals surface area contributed by atoms with E-state index in [9.17, 15) is 4.79 Å². The maximum Gasteiger partial charge on any atom is 0.244 e. The Bertz CT molecular complexity index is 599. The first kappa shape index (κ1) is 14.2. The highest BCUT2D eigenvalue weighted by Crippen LogP contribution is 2.23. The van der Waals surface area contributed by atoms with Gasteiger partial charge in [-0.25, -0.2) is 0 Å². The van der Waals surface area contributed by atoms with Gasteiger partial charge in [-0.15, -0.1) is 0 Å².